The second-order valence-electron chi connectivity index (χ2n) is 2.09. The zero-order valence-electron chi connectivity index (χ0n) is 9.31. The number of nitrogens with one attached hydrogen (secondary N) is 1. The van der Waals surface area contributed by atoms with Gasteiger partial charge in [-0.3, -0.25) is 9.59 Å². The maximum Gasteiger partial charge on any atom is 0.216 e. The van der Waals surface area contributed by atoms with Gasteiger partial charge in [-0.05, 0) is 6.42 Å². The lowest BCUT2D eigenvalue weighted by atomic mass is 10.5. The average molecular weight is 192 g/mol. The van der Waals surface area contributed by atoms with E-state index in [-0.39, 0.29) is 13.2 Å². The minimum Gasteiger partial charge on any atom is -0.370 e. The molecule has 0 spiro atoms. The molecule has 0 fully saturated rings. The number of carbonyl (C=O) groups is 2. The van der Waals surface area contributed by atoms with Crippen LogP contribution in [0, 0.1) is 0 Å². The van der Waals surface area contributed by atoms with E-state index in [0.29, 0.717) is 0 Å². The number of primary amides is 1. The molecule has 0 aromatic rings. The van der Waals surface area contributed by atoms with Gasteiger partial charge in [0.15, 0.2) is 0 Å². The number of hydrogen-bond acceptors (Lipinski definition) is 2. The third-order valence-corrected chi connectivity index (χ3v) is 0.624. The van der Waals surface area contributed by atoms with Crippen LogP contribution in [0.25, 0.3) is 0 Å². The molecule has 0 heterocycles. The zero-order chi connectivity index (χ0) is 11.3. The molecule has 0 aromatic carbocycles. The van der Waals surface area contributed by atoms with Crippen LogP contribution >= 0.6 is 0 Å². The predicted octanol–water partition coefficient (Wildman–Crippen LogP) is 1.30. The van der Waals surface area contributed by atoms with Crippen LogP contribution < -0.4 is 11.1 Å². The summed E-state index contributed by atoms with van der Waals surface area (Å²) in [7, 11) is 0. The number of rotatable bonds is 2. The van der Waals surface area contributed by atoms with Crippen LogP contribution in [0.2, 0.25) is 0 Å². The molecule has 0 bridgehead atoms. The summed E-state index contributed by atoms with van der Waals surface area (Å²) in [4.78, 5) is 19.3. The Labute approximate surface area is 82.4 Å². The van der Waals surface area contributed by atoms with E-state index >= 15 is 0 Å². The molecule has 0 aromatic heterocycles. The Balaban J connectivity index is -0.0000000620. The highest BCUT2D eigenvalue weighted by Gasteiger charge is 1.83. The standard InChI is InChI=1S/C5H11NO.C2H5NO.C2H6.H2/c1-3-4-6-5(2)7;1-2(3)4;1-2;/h3-4H2,1-2H3,(H,6,7);1H3,(H2,3,4);1-2H3;1H. The van der Waals surface area contributed by atoms with Crippen molar-refractivity contribution in [2.45, 2.75) is 41.0 Å². The van der Waals surface area contributed by atoms with Gasteiger partial charge in [0.05, 0.1) is 0 Å². The highest BCUT2D eigenvalue weighted by Crippen LogP contribution is 1.67. The van der Waals surface area contributed by atoms with E-state index in [9.17, 15) is 9.59 Å². The summed E-state index contributed by atoms with van der Waals surface area (Å²) >= 11 is 0. The van der Waals surface area contributed by atoms with Crippen molar-refractivity contribution in [3.8, 4) is 0 Å². The fraction of sp³-hybridized carbons (Fsp3) is 0.778. The lowest BCUT2D eigenvalue weighted by Gasteiger charge is -1.93. The van der Waals surface area contributed by atoms with Crippen LogP contribution in [0.5, 0.6) is 0 Å². The largest absolute Gasteiger partial charge is 0.370 e. The van der Waals surface area contributed by atoms with E-state index in [0.717, 1.165) is 13.0 Å². The number of nitrogens with two attached hydrogens (primary N) is 1. The molecule has 13 heavy (non-hydrogen) atoms. The highest BCUT2D eigenvalue weighted by atomic mass is 16.1. The molecule has 3 N–H and O–H groups in total. The normalized spacial score (nSPS) is 6.85. The summed E-state index contributed by atoms with van der Waals surface area (Å²) in [5.41, 5.74) is 4.47. The highest BCUT2D eigenvalue weighted by molar-refractivity contribution is 5.72. The molecule has 0 aliphatic carbocycles. The summed E-state index contributed by atoms with van der Waals surface area (Å²) in [6, 6.07) is 0. The molecule has 2 amide bonds. The van der Waals surface area contributed by atoms with E-state index in [1.54, 1.807) is 0 Å². The van der Waals surface area contributed by atoms with Gasteiger partial charge < -0.3 is 11.1 Å². The second kappa shape index (κ2) is 17.1. The average Bonchev–Trinajstić information content (AvgIpc) is 2.03. The van der Waals surface area contributed by atoms with Crippen LogP contribution in [0.3, 0.4) is 0 Å². The summed E-state index contributed by atoms with van der Waals surface area (Å²) in [6.07, 6.45) is 1.01. The molecule has 4 nitrogen and oxygen atoms in total. The topological polar surface area (TPSA) is 72.2 Å². The minimum atomic E-state index is -0.333. The Morgan fingerprint density at radius 1 is 1.31 bits per heavy atom. The molecule has 0 atom stereocenters. The lowest BCUT2D eigenvalue weighted by molar-refractivity contribution is -0.119. The van der Waals surface area contributed by atoms with E-state index < -0.39 is 0 Å². The van der Waals surface area contributed by atoms with Gasteiger partial charge in [-0.25, -0.2) is 0 Å². The Morgan fingerprint density at radius 3 is 1.69 bits per heavy atom. The molecule has 0 radical (unpaired) electrons. The Kier molecular flexibility index (Phi) is 23.6. The third kappa shape index (κ3) is 101. The fourth-order valence-electron chi connectivity index (χ4n) is 0.301. The van der Waals surface area contributed by atoms with Gasteiger partial charge in [0.1, 0.15) is 0 Å². The van der Waals surface area contributed by atoms with Crippen molar-refractivity contribution in [2.24, 2.45) is 5.73 Å². The van der Waals surface area contributed by atoms with Crippen LogP contribution in [-0.4, -0.2) is 18.4 Å². The van der Waals surface area contributed by atoms with Gasteiger partial charge in [-0.1, -0.05) is 20.8 Å². The molecule has 82 valence electrons. The smallest absolute Gasteiger partial charge is 0.216 e. The quantitative estimate of drug-likeness (QED) is 0.692. The van der Waals surface area contributed by atoms with Crippen LogP contribution in [0.4, 0.5) is 0 Å². The molecule has 0 aliphatic rings. The van der Waals surface area contributed by atoms with Crippen LogP contribution in [0.15, 0.2) is 0 Å². The van der Waals surface area contributed by atoms with Gasteiger partial charge in [0.25, 0.3) is 0 Å². The van der Waals surface area contributed by atoms with Gasteiger partial charge in [0, 0.05) is 21.8 Å². The summed E-state index contributed by atoms with van der Waals surface area (Å²) < 4.78 is 0. The summed E-state index contributed by atoms with van der Waals surface area (Å²) in [6.45, 7) is 9.65. The van der Waals surface area contributed by atoms with Crippen molar-refractivity contribution in [1.29, 1.82) is 0 Å². The number of amides is 2. The van der Waals surface area contributed by atoms with Gasteiger partial charge in [-0.2, -0.15) is 0 Å². The van der Waals surface area contributed by atoms with E-state index in [1.165, 1.54) is 13.8 Å². The van der Waals surface area contributed by atoms with E-state index in [1.807, 2.05) is 20.8 Å². The molecular formula is C9H24N2O2. The van der Waals surface area contributed by atoms with E-state index in [2.05, 4.69) is 11.1 Å². The first-order valence-electron chi connectivity index (χ1n) is 4.51. The maximum absolute atomic E-state index is 10.1. The summed E-state index contributed by atoms with van der Waals surface area (Å²) in [5.74, 6) is -0.276. The molecular weight excluding hydrogens is 168 g/mol. The second-order valence-corrected chi connectivity index (χ2v) is 2.09. The predicted molar refractivity (Wildman–Crippen MR) is 57.3 cm³/mol. The molecule has 0 rings (SSSR count). The van der Waals surface area contributed by atoms with E-state index in [4.69, 9.17) is 0 Å². The molecule has 0 unspecified atom stereocenters. The molecule has 0 saturated heterocycles. The number of carbonyl (C=O) groups excluding carboxylic acids is 2. The van der Waals surface area contributed by atoms with Crippen molar-refractivity contribution in [1.82, 2.24) is 5.32 Å². The van der Waals surface area contributed by atoms with Gasteiger partial charge in [0.2, 0.25) is 11.8 Å². The Bertz CT molecular complexity index is 126. The fourth-order valence-corrected chi connectivity index (χ4v) is 0.301. The van der Waals surface area contributed by atoms with Crippen molar-refractivity contribution in [3.05, 3.63) is 0 Å². The van der Waals surface area contributed by atoms with Crippen LogP contribution in [0.1, 0.15) is 42.5 Å². The molecule has 0 aliphatic heterocycles. The first-order valence-corrected chi connectivity index (χ1v) is 4.51. The van der Waals surface area contributed by atoms with Crippen molar-refractivity contribution < 1.29 is 11.0 Å². The SMILES string of the molecule is CC.CC(N)=O.CCCNC(C)=O.[HH]. The van der Waals surface area contributed by atoms with Crippen molar-refractivity contribution in [3.63, 3.8) is 0 Å². The first-order chi connectivity index (χ1) is 6.00. The zero-order valence-corrected chi connectivity index (χ0v) is 9.31. The van der Waals surface area contributed by atoms with Gasteiger partial charge in [-0.15, -0.1) is 0 Å². The van der Waals surface area contributed by atoms with Gasteiger partial charge >= 0.3 is 0 Å². The number of hydrogen-bond donors (Lipinski definition) is 2. The summed E-state index contributed by atoms with van der Waals surface area (Å²) in [5, 5.41) is 2.66. The molecule has 0 saturated carbocycles. The maximum atomic E-state index is 10.1. The van der Waals surface area contributed by atoms with Crippen LogP contribution in [-0.2, 0) is 9.59 Å². The first kappa shape index (κ1) is 17.9. The third-order valence-electron chi connectivity index (χ3n) is 0.624. The molecule has 4 heteroatoms. The van der Waals surface area contributed by atoms with Crippen molar-refractivity contribution >= 4 is 11.8 Å². The monoisotopic (exact) mass is 192 g/mol. The minimum absolute atomic E-state index is 0. The lowest BCUT2D eigenvalue weighted by Crippen LogP contribution is -2.19. The van der Waals surface area contributed by atoms with Crippen molar-refractivity contribution in [2.75, 3.05) is 6.54 Å². The Morgan fingerprint density at radius 2 is 1.62 bits per heavy atom. The Hall–Kier alpha value is -1.06.